The van der Waals surface area contributed by atoms with Crippen LogP contribution in [-0.2, 0) is 0 Å². The van der Waals surface area contributed by atoms with Crippen LogP contribution >= 0.6 is 0 Å². The van der Waals surface area contributed by atoms with Gasteiger partial charge in [0.15, 0.2) is 0 Å². The van der Waals surface area contributed by atoms with Crippen LogP contribution in [0.25, 0.3) is 0 Å². The zero-order chi connectivity index (χ0) is 9.84. The highest BCUT2D eigenvalue weighted by molar-refractivity contribution is 5.64. The number of nitrogen functional groups attached to an aromatic ring is 2. The van der Waals surface area contributed by atoms with Crippen molar-refractivity contribution in [2.24, 2.45) is 0 Å². The Balaban J connectivity index is 2.88. The molecule has 0 aliphatic rings. The third-order valence-corrected chi connectivity index (χ3v) is 1.75. The van der Waals surface area contributed by atoms with Crippen molar-refractivity contribution >= 4 is 11.4 Å². The number of rotatable bonds is 3. The van der Waals surface area contributed by atoms with Gasteiger partial charge in [-0.2, -0.15) is 0 Å². The molecule has 1 aromatic rings. The average molecular weight is 182 g/mol. The van der Waals surface area contributed by atoms with E-state index in [-0.39, 0.29) is 13.2 Å². The van der Waals surface area contributed by atoms with Crippen molar-refractivity contribution in [2.45, 2.75) is 6.92 Å². The summed E-state index contributed by atoms with van der Waals surface area (Å²) >= 11 is 0. The van der Waals surface area contributed by atoms with E-state index in [2.05, 4.69) is 0 Å². The lowest BCUT2D eigenvalue weighted by Crippen LogP contribution is -2.05. The molecule has 0 spiro atoms. The lowest BCUT2D eigenvalue weighted by molar-refractivity contribution is 0.202. The zero-order valence-corrected chi connectivity index (χ0v) is 7.58. The molecule has 0 saturated carbocycles. The molecule has 0 atom stereocenters. The maximum atomic E-state index is 8.55. The van der Waals surface area contributed by atoms with Gasteiger partial charge in [0.2, 0.25) is 0 Å². The largest absolute Gasteiger partial charge is 0.489 e. The van der Waals surface area contributed by atoms with Crippen molar-refractivity contribution in [1.82, 2.24) is 0 Å². The molecule has 4 heteroatoms. The van der Waals surface area contributed by atoms with Crippen molar-refractivity contribution in [2.75, 3.05) is 24.7 Å². The summed E-state index contributed by atoms with van der Waals surface area (Å²) in [6, 6.07) is 3.42. The number of hydrogen-bond donors (Lipinski definition) is 3. The fourth-order valence-corrected chi connectivity index (χ4v) is 0.996. The Morgan fingerprint density at radius 1 is 1.31 bits per heavy atom. The second-order valence-electron chi connectivity index (χ2n) is 2.82. The number of anilines is 2. The number of aryl methyl sites for hydroxylation is 1. The van der Waals surface area contributed by atoms with E-state index >= 15 is 0 Å². The molecule has 0 radical (unpaired) electrons. The van der Waals surface area contributed by atoms with E-state index in [0.29, 0.717) is 17.1 Å². The molecule has 13 heavy (non-hydrogen) atoms. The highest BCUT2D eigenvalue weighted by atomic mass is 16.5. The quantitative estimate of drug-likeness (QED) is 0.595. The molecule has 0 unspecified atom stereocenters. The molecule has 5 N–H and O–H groups in total. The predicted octanol–water partition coefficient (Wildman–Crippen LogP) is 0.531. The summed E-state index contributed by atoms with van der Waals surface area (Å²) in [6.45, 7) is 2.09. The van der Waals surface area contributed by atoms with E-state index in [1.165, 1.54) is 0 Å². The first-order valence-corrected chi connectivity index (χ1v) is 4.04. The second-order valence-corrected chi connectivity index (χ2v) is 2.82. The van der Waals surface area contributed by atoms with Gasteiger partial charge in [-0.1, -0.05) is 0 Å². The summed E-state index contributed by atoms with van der Waals surface area (Å²) in [5.74, 6) is 0.570. The molecule has 4 nitrogen and oxygen atoms in total. The number of ether oxygens (including phenoxy) is 1. The van der Waals surface area contributed by atoms with Crippen LogP contribution in [-0.4, -0.2) is 18.3 Å². The molecule has 1 rings (SSSR count). The first kappa shape index (κ1) is 9.67. The van der Waals surface area contributed by atoms with Gasteiger partial charge in [-0.25, -0.2) is 0 Å². The molecule has 0 aromatic heterocycles. The van der Waals surface area contributed by atoms with Crippen LogP contribution in [0.1, 0.15) is 5.56 Å². The SMILES string of the molecule is Cc1cc(OCCO)c(N)cc1N. The number of benzene rings is 1. The summed E-state index contributed by atoms with van der Waals surface area (Å²) in [5.41, 5.74) is 13.3. The van der Waals surface area contributed by atoms with Gasteiger partial charge < -0.3 is 21.3 Å². The van der Waals surface area contributed by atoms with E-state index in [1.54, 1.807) is 12.1 Å². The molecule has 0 amide bonds. The van der Waals surface area contributed by atoms with Crippen LogP contribution in [0.2, 0.25) is 0 Å². The maximum Gasteiger partial charge on any atom is 0.142 e. The number of aliphatic hydroxyl groups excluding tert-OH is 1. The summed E-state index contributed by atoms with van der Waals surface area (Å²) < 4.78 is 5.19. The average Bonchev–Trinajstić information content (AvgIpc) is 2.09. The fourth-order valence-electron chi connectivity index (χ4n) is 0.996. The van der Waals surface area contributed by atoms with Crippen LogP contribution in [0.5, 0.6) is 5.75 Å². The van der Waals surface area contributed by atoms with Gasteiger partial charge in [-0.3, -0.25) is 0 Å². The van der Waals surface area contributed by atoms with Crippen LogP contribution in [0.15, 0.2) is 12.1 Å². The van der Waals surface area contributed by atoms with Crippen LogP contribution in [0, 0.1) is 6.92 Å². The minimum Gasteiger partial charge on any atom is -0.489 e. The monoisotopic (exact) mass is 182 g/mol. The van der Waals surface area contributed by atoms with Crippen molar-refractivity contribution < 1.29 is 9.84 Å². The van der Waals surface area contributed by atoms with Gasteiger partial charge in [0.1, 0.15) is 12.4 Å². The zero-order valence-electron chi connectivity index (χ0n) is 7.58. The van der Waals surface area contributed by atoms with Crippen molar-refractivity contribution in [3.8, 4) is 5.75 Å². The standard InChI is InChI=1S/C9H14N2O2/c1-6-4-9(13-3-2-12)8(11)5-7(6)10/h4-5,12H,2-3,10-11H2,1H3. The minimum atomic E-state index is -0.0249. The molecule has 0 aliphatic carbocycles. The first-order chi connectivity index (χ1) is 6.15. The number of nitrogens with two attached hydrogens (primary N) is 2. The predicted molar refractivity (Wildman–Crippen MR) is 52.6 cm³/mol. The van der Waals surface area contributed by atoms with Crippen molar-refractivity contribution in [3.05, 3.63) is 17.7 Å². The lowest BCUT2D eigenvalue weighted by atomic mass is 10.2. The van der Waals surface area contributed by atoms with E-state index in [1.807, 2.05) is 6.92 Å². The van der Waals surface area contributed by atoms with Gasteiger partial charge in [0.25, 0.3) is 0 Å². The Labute approximate surface area is 77.1 Å². The third-order valence-electron chi connectivity index (χ3n) is 1.75. The molecule has 72 valence electrons. The molecule has 0 saturated heterocycles. The summed E-state index contributed by atoms with van der Waals surface area (Å²) in [4.78, 5) is 0. The highest BCUT2D eigenvalue weighted by Crippen LogP contribution is 2.26. The van der Waals surface area contributed by atoms with Crippen molar-refractivity contribution in [3.63, 3.8) is 0 Å². The molecule has 1 aromatic carbocycles. The third kappa shape index (κ3) is 2.26. The van der Waals surface area contributed by atoms with Gasteiger partial charge in [0, 0.05) is 5.69 Å². The summed E-state index contributed by atoms with van der Waals surface area (Å²) in [6.07, 6.45) is 0. The second kappa shape index (κ2) is 4.00. The van der Waals surface area contributed by atoms with E-state index in [0.717, 1.165) is 5.56 Å². The Bertz CT molecular complexity index is 300. The van der Waals surface area contributed by atoms with Gasteiger partial charge in [-0.05, 0) is 24.6 Å². The smallest absolute Gasteiger partial charge is 0.142 e. The van der Waals surface area contributed by atoms with Gasteiger partial charge in [0.05, 0.1) is 12.3 Å². The van der Waals surface area contributed by atoms with E-state index < -0.39 is 0 Å². The Morgan fingerprint density at radius 3 is 2.62 bits per heavy atom. The molecule has 0 aliphatic heterocycles. The normalized spacial score (nSPS) is 10.0. The first-order valence-electron chi connectivity index (χ1n) is 4.04. The Morgan fingerprint density at radius 2 is 2.00 bits per heavy atom. The maximum absolute atomic E-state index is 8.55. The molecular weight excluding hydrogens is 168 g/mol. The van der Waals surface area contributed by atoms with E-state index in [9.17, 15) is 0 Å². The Kier molecular flexibility index (Phi) is 2.97. The lowest BCUT2D eigenvalue weighted by Gasteiger charge is -2.09. The van der Waals surface area contributed by atoms with Crippen LogP contribution < -0.4 is 16.2 Å². The molecule has 0 fully saturated rings. The van der Waals surface area contributed by atoms with E-state index in [4.69, 9.17) is 21.3 Å². The van der Waals surface area contributed by atoms with Gasteiger partial charge >= 0.3 is 0 Å². The fraction of sp³-hybridized carbons (Fsp3) is 0.333. The van der Waals surface area contributed by atoms with Crippen LogP contribution in [0.4, 0.5) is 11.4 Å². The molecular formula is C9H14N2O2. The molecule has 0 bridgehead atoms. The van der Waals surface area contributed by atoms with Gasteiger partial charge in [-0.15, -0.1) is 0 Å². The minimum absolute atomic E-state index is 0.0249. The number of aliphatic hydroxyl groups is 1. The highest BCUT2D eigenvalue weighted by Gasteiger charge is 2.03. The van der Waals surface area contributed by atoms with Crippen molar-refractivity contribution in [1.29, 1.82) is 0 Å². The molecule has 0 heterocycles. The summed E-state index contributed by atoms with van der Waals surface area (Å²) in [5, 5.41) is 8.55. The Hall–Kier alpha value is -1.42. The topological polar surface area (TPSA) is 81.5 Å². The summed E-state index contributed by atoms with van der Waals surface area (Å²) in [7, 11) is 0. The van der Waals surface area contributed by atoms with Crippen LogP contribution in [0.3, 0.4) is 0 Å². The number of hydrogen-bond acceptors (Lipinski definition) is 4.